The van der Waals surface area contributed by atoms with E-state index in [0.29, 0.717) is 12.8 Å². The summed E-state index contributed by atoms with van der Waals surface area (Å²) in [6.45, 7) is 11.0. The number of nitrogens with zero attached hydrogens (tertiary/aromatic N) is 1. The number of alkyl carbamates (subject to hydrolysis) is 1. The Morgan fingerprint density at radius 3 is 2.14 bits per heavy atom. The molecule has 0 bridgehead atoms. The summed E-state index contributed by atoms with van der Waals surface area (Å²) in [6, 6.07) is 15.4. The number of hydrogen-bond acceptors (Lipinski definition) is 8. The van der Waals surface area contributed by atoms with Crippen molar-refractivity contribution >= 4 is 33.8 Å². The number of carbonyl (C=O) groups excluding carboxylic acids is 4. The van der Waals surface area contributed by atoms with Crippen molar-refractivity contribution in [3.8, 4) is 11.1 Å². The monoisotopic (exact) mass is 720 g/mol. The molecule has 3 saturated carbocycles. The second-order valence-electron chi connectivity index (χ2n) is 15.8. The van der Waals surface area contributed by atoms with Crippen LogP contribution in [0.2, 0.25) is 0 Å². The predicted molar refractivity (Wildman–Crippen MR) is 190 cm³/mol. The zero-order chi connectivity index (χ0) is 37.0. The first-order valence-electron chi connectivity index (χ1n) is 17.5. The van der Waals surface area contributed by atoms with Crippen LogP contribution in [-0.2, 0) is 39.5 Å². The highest BCUT2D eigenvalue weighted by molar-refractivity contribution is 7.91. The van der Waals surface area contributed by atoms with Gasteiger partial charge in [0.05, 0.1) is 11.8 Å². The van der Waals surface area contributed by atoms with E-state index < -0.39 is 79.2 Å². The molecule has 6 rings (SSSR count). The van der Waals surface area contributed by atoms with E-state index in [4.69, 9.17) is 9.47 Å². The Bertz CT molecular complexity index is 1820. The number of nitrogens with one attached hydrogen (secondary N) is 3. The second kappa shape index (κ2) is 13.1. The quantitative estimate of drug-likeness (QED) is 0.276. The molecule has 3 N–H and O–H groups in total. The van der Waals surface area contributed by atoms with Gasteiger partial charge in [0.25, 0.3) is 5.91 Å². The number of ether oxygens (including phenoxy) is 2. The van der Waals surface area contributed by atoms with Gasteiger partial charge >= 0.3 is 6.09 Å². The molecule has 1 heterocycles. The van der Waals surface area contributed by atoms with Crippen LogP contribution in [0.5, 0.6) is 0 Å². The lowest BCUT2D eigenvalue weighted by molar-refractivity contribution is -0.143. The molecule has 4 amide bonds. The molecule has 2 aromatic rings. The van der Waals surface area contributed by atoms with Crippen molar-refractivity contribution < 1.29 is 37.1 Å². The van der Waals surface area contributed by atoms with Crippen LogP contribution in [0, 0.1) is 11.3 Å². The van der Waals surface area contributed by atoms with Crippen LogP contribution in [0.15, 0.2) is 67.3 Å². The first-order chi connectivity index (χ1) is 24.0. The molecule has 0 radical (unpaired) electrons. The molecule has 4 fully saturated rings. The molecule has 13 heteroatoms. The normalized spacial score (nSPS) is 27.1. The number of amides is 4. The van der Waals surface area contributed by atoms with Crippen LogP contribution < -0.4 is 15.4 Å². The average Bonchev–Trinajstić information content (AvgIpc) is 4.03. The first kappa shape index (κ1) is 36.6. The molecular formula is C38H48N4O8S. The van der Waals surface area contributed by atoms with Gasteiger partial charge < -0.3 is 25.0 Å². The summed E-state index contributed by atoms with van der Waals surface area (Å²) in [5.41, 5.74) is -1.31. The summed E-state index contributed by atoms with van der Waals surface area (Å²) in [4.78, 5) is 57.0. The van der Waals surface area contributed by atoms with Gasteiger partial charge in [-0.1, -0.05) is 81.4 Å². The largest absolute Gasteiger partial charge is 0.443 e. The van der Waals surface area contributed by atoms with Crippen LogP contribution in [0.3, 0.4) is 0 Å². The third kappa shape index (κ3) is 7.41. The van der Waals surface area contributed by atoms with E-state index in [0.717, 1.165) is 29.5 Å². The van der Waals surface area contributed by atoms with Crippen molar-refractivity contribution in [1.82, 2.24) is 20.3 Å². The van der Waals surface area contributed by atoms with E-state index in [9.17, 15) is 27.6 Å². The fraction of sp³-hybridized carbons (Fsp3) is 0.526. The van der Waals surface area contributed by atoms with Gasteiger partial charge in [-0.25, -0.2) is 13.2 Å². The number of sulfonamides is 1. The van der Waals surface area contributed by atoms with Crippen LogP contribution in [0.4, 0.5) is 4.79 Å². The number of likely N-dealkylation sites (tertiary alicyclic amines) is 1. The van der Waals surface area contributed by atoms with Gasteiger partial charge in [0.15, 0.2) is 0 Å². The van der Waals surface area contributed by atoms with Gasteiger partial charge in [-0.2, -0.15) is 0 Å². The number of rotatable bonds is 12. The Morgan fingerprint density at radius 1 is 0.980 bits per heavy atom. The second-order valence-corrected chi connectivity index (χ2v) is 17.8. The third-order valence-corrected chi connectivity index (χ3v) is 12.6. The van der Waals surface area contributed by atoms with Crippen molar-refractivity contribution in [2.45, 2.75) is 100 Å². The Labute approximate surface area is 299 Å². The lowest BCUT2D eigenvalue weighted by Crippen LogP contribution is -2.60. The fourth-order valence-corrected chi connectivity index (χ4v) is 8.26. The molecule has 1 saturated heterocycles. The molecule has 1 aliphatic heterocycles. The minimum absolute atomic E-state index is 0.0297. The van der Waals surface area contributed by atoms with E-state index in [-0.39, 0.29) is 19.4 Å². The van der Waals surface area contributed by atoms with Crippen LogP contribution >= 0.6 is 0 Å². The van der Waals surface area contributed by atoms with Gasteiger partial charge in [0, 0.05) is 19.4 Å². The molecule has 274 valence electrons. The van der Waals surface area contributed by atoms with Gasteiger partial charge in [0.2, 0.25) is 21.8 Å². The van der Waals surface area contributed by atoms with Crippen molar-refractivity contribution in [1.29, 1.82) is 0 Å². The van der Waals surface area contributed by atoms with Crippen molar-refractivity contribution in [2.75, 3.05) is 13.7 Å². The van der Waals surface area contributed by atoms with E-state index in [2.05, 4.69) is 21.9 Å². The van der Waals surface area contributed by atoms with Gasteiger partial charge in [-0.05, 0) is 61.1 Å². The van der Waals surface area contributed by atoms with Crippen LogP contribution in [0.1, 0.15) is 71.8 Å². The van der Waals surface area contributed by atoms with E-state index in [1.807, 2.05) is 82.3 Å². The smallest absolute Gasteiger partial charge is 0.408 e. The average molecular weight is 721 g/mol. The zero-order valence-corrected chi connectivity index (χ0v) is 30.7. The van der Waals surface area contributed by atoms with Crippen LogP contribution in [0.25, 0.3) is 11.1 Å². The Hall–Kier alpha value is -4.23. The molecule has 3 aliphatic carbocycles. The minimum Gasteiger partial charge on any atom is -0.443 e. The standard InChI is InChI=1S/C38H48N4O8S/c1-7-26-21-38(26,33(45)41-51(47,48)28-17-18-28)40-31(43)29-22-37(49-6,27-15-13-25(14-16-27)24-11-9-8-10-12-24)23-42(29)32(44)30(35(2,3)4)39-34(46)50-36(5)19-20-36/h7-16,26,28-30H,1,17-23H2,2-6H3,(H,39,46)(H,40,43)(H,41,45)/t26-,29+,30-,37+,38-/m1/s1. The third-order valence-electron chi connectivity index (χ3n) is 10.7. The van der Waals surface area contributed by atoms with Gasteiger partial charge in [0.1, 0.15) is 28.8 Å². The molecule has 2 aromatic carbocycles. The summed E-state index contributed by atoms with van der Waals surface area (Å²) in [7, 11) is -2.37. The van der Waals surface area contributed by atoms with E-state index >= 15 is 0 Å². The topological polar surface area (TPSA) is 160 Å². The molecular weight excluding hydrogens is 673 g/mol. The number of benzene rings is 2. The Morgan fingerprint density at radius 2 is 1.61 bits per heavy atom. The molecule has 51 heavy (non-hydrogen) atoms. The fourth-order valence-electron chi connectivity index (χ4n) is 6.89. The number of carbonyl (C=O) groups is 4. The molecule has 12 nitrogen and oxygen atoms in total. The predicted octanol–water partition coefficient (Wildman–Crippen LogP) is 4.16. The molecule has 5 atom stereocenters. The molecule has 0 aromatic heterocycles. The van der Waals surface area contributed by atoms with Crippen molar-refractivity contribution in [3.05, 3.63) is 72.8 Å². The first-order valence-corrected chi connectivity index (χ1v) is 19.0. The van der Waals surface area contributed by atoms with Gasteiger partial charge in [-0.15, -0.1) is 6.58 Å². The highest BCUT2D eigenvalue weighted by atomic mass is 32.2. The lowest BCUT2D eigenvalue weighted by Gasteiger charge is -2.36. The Kier molecular flexibility index (Phi) is 9.37. The van der Waals surface area contributed by atoms with Gasteiger partial charge in [-0.3, -0.25) is 19.1 Å². The summed E-state index contributed by atoms with van der Waals surface area (Å²) >= 11 is 0. The maximum absolute atomic E-state index is 14.6. The summed E-state index contributed by atoms with van der Waals surface area (Å²) < 4.78 is 39.4. The van der Waals surface area contributed by atoms with Crippen molar-refractivity contribution in [3.63, 3.8) is 0 Å². The molecule has 4 aliphatic rings. The van der Waals surface area contributed by atoms with Crippen LogP contribution in [-0.4, -0.2) is 79.3 Å². The maximum atomic E-state index is 14.6. The summed E-state index contributed by atoms with van der Waals surface area (Å²) in [5.74, 6) is -2.51. The zero-order valence-electron chi connectivity index (χ0n) is 29.9. The highest BCUT2D eigenvalue weighted by Crippen LogP contribution is 2.47. The minimum atomic E-state index is -3.89. The van der Waals surface area contributed by atoms with Crippen molar-refractivity contribution in [2.24, 2.45) is 11.3 Å². The molecule has 0 spiro atoms. The molecule has 0 unspecified atom stereocenters. The number of methoxy groups -OCH3 is 1. The Balaban J connectivity index is 1.32. The highest BCUT2D eigenvalue weighted by Gasteiger charge is 2.63. The van der Waals surface area contributed by atoms with E-state index in [1.165, 1.54) is 18.1 Å². The summed E-state index contributed by atoms with van der Waals surface area (Å²) in [5, 5.41) is 4.96. The SMILES string of the molecule is C=C[C@@H]1C[C@]1(NC(=O)[C@@H]1C[C@@](OC)(c2ccc(-c3ccccc3)cc2)CN1C(=O)[C@@H](NC(=O)OC1(C)CC1)C(C)(C)C)C(=O)NS(=O)(=O)C1CC1. The number of hydrogen-bond donors (Lipinski definition) is 3. The maximum Gasteiger partial charge on any atom is 0.408 e. The lowest BCUT2D eigenvalue weighted by atomic mass is 9.85. The summed E-state index contributed by atoms with van der Waals surface area (Å²) in [6.07, 6.45) is 3.36. The van der Waals surface area contributed by atoms with E-state index in [1.54, 1.807) is 0 Å².